The van der Waals surface area contributed by atoms with Crippen LogP contribution in [0.3, 0.4) is 0 Å². The molecule has 0 radical (unpaired) electrons. The number of rotatable bonds is 25. The fraction of sp³-hybridized carbons (Fsp3) is 0.209. The maximum absolute atomic E-state index is 13.7. The quantitative estimate of drug-likeness (QED) is 0.0262. The van der Waals surface area contributed by atoms with E-state index >= 15 is 0 Å². The highest BCUT2D eigenvalue weighted by atomic mass is 19.4. The molecule has 6 amide bonds. The van der Waals surface area contributed by atoms with Gasteiger partial charge in [0.25, 0.3) is 0 Å². The number of hydrogen-bond donors (Lipinski definition) is 7. The van der Waals surface area contributed by atoms with Crippen LogP contribution in [0.25, 0.3) is 11.0 Å². The molecule has 1 fully saturated rings. The second kappa shape index (κ2) is 38.2. The first-order valence-corrected chi connectivity index (χ1v) is 37.7. The van der Waals surface area contributed by atoms with Crippen LogP contribution in [0.15, 0.2) is 265 Å². The van der Waals surface area contributed by atoms with Crippen molar-refractivity contribution in [3.63, 3.8) is 0 Å². The van der Waals surface area contributed by atoms with Crippen molar-refractivity contribution in [2.75, 3.05) is 16.0 Å². The lowest BCUT2D eigenvalue weighted by Gasteiger charge is -2.37. The number of amides is 6. The molecule has 23 nitrogen and oxygen atoms in total. The summed E-state index contributed by atoms with van der Waals surface area (Å²) in [7, 11) is 1.68. The first-order chi connectivity index (χ1) is 60.0. The van der Waals surface area contributed by atoms with E-state index in [1.165, 1.54) is 79.7 Å². The molecular weight excluding hydrogens is 1720 g/mol. The number of para-hydroxylation sites is 2. The molecule has 10 aromatic carbocycles. The average molecular weight is 1790 g/mol. The van der Waals surface area contributed by atoms with E-state index in [0.717, 1.165) is 92.1 Å². The predicted molar refractivity (Wildman–Crippen MR) is 421 cm³/mol. The van der Waals surface area contributed by atoms with Crippen LogP contribution in [0.1, 0.15) is 87.0 Å². The van der Waals surface area contributed by atoms with Gasteiger partial charge in [0.1, 0.15) is 40.3 Å². The lowest BCUT2D eigenvalue weighted by Crippen LogP contribution is -2.50. The number of alkyl halides is 18. The minimum Gasteiger partial charge on any atom is -0.408 e. The molecule has 0 aliphatic heterocycles. The van der Waals surface area contributed by atoms with Crippen molar-refractivity contribution in [1.29, 1.82) is 0 Å². The topological polar surface area (TPSA) is 277 Å². The Morgan fingerprint density at radius 3 is 0.984 bits per heavy atom. The zero-order chi connectivity index (χ0) is 91.2. The van der Waals surface area contributed by atoms with Gasteiger partial charge in [-0.05, 0) is 148 Å². The minimum absolute atomic E-state index is 0.0451. The van der Waals surface area contributed by atoms with Crippen LogP contribution in [0, 0.1) is 6.92 Å². The van der Waals surface area contributed by atoms with Gasteiger partial charge in [-0.1, -0.05) is 187 Å². The SMILES string of the molecule is Cc1nnc(NC(=O)NC(Cc2ccccc2)(c2cccc(OC(F)(F)F)c2)c2cccc(OC(F)(F)F)c2)o1.Cn1c(NC(=O)NC(Cc2ccccc2)(c2cccc(OC(F)(F)F)c2)c2cccc(OC(F)(F)F)c2)nc2ccccc21.O=C(Nc1n[nH]c(C2CCC2)n1)NC(Cc1ccccc1)(c1cccc(OC(F)(F)F)c1)c1cccc(OC(F)(F)F)c1. The Kier molecular flexibility index (Phi) is 27.5. The molecule has 0 atom stereocenters. The molecule has 3 aromatic heterocycles. The third-order valence-corrected chi connectivity index (χ3v) is 19.3. The third-order valence-electron chi connectivity index (χ3n) is 19.3. The highest BCUT2D eigenvalue weighted by molar-refractivity contribution is 5.92. The van der Waals surface area contributed by atoms with Crippen molar-refractivity contribution in [3.8, 4) is 34.5 Å². The Labute approximate surface area is 707 Å². The predicted octanol–water partition coefficient (Wildman–Crippen LogP) is 21.3. The van der Waals surface area contributed by atoms with Crippen LogP contribution < -0.4 is 60.3 Å². The number of imidazole rings is 1. The summed E-state index contributed by atoms with van der Waals surface area (Å²) in [6.07, 6.45) is -27.5. The molecule has 13 aromatic rings. The number of carbonyl (C=O) groups excluding carboxylic acids is 3. The van der Waals surface area contributed by atoms with Crippen molar-refractivity contribution < 1.29 is 126 Å². The molecule has 41 heteroatoms. The molecule has 0 bridgehead atoms. The standard InChI is InChI=1S/C31H24F6N4O3.C29H25F6N5O3.C26H20F6N4O4/c1-41-26-16-6-5-15-25(26)38-27(41)39-28(42)40-29(19-20-9-3-2-4-10-20,21-11-7-13-23(17-21)43-30(32,33)34)22-12-8-14-24(18-22)44-31(35,36)37;30-28(31,32)42-22-13-5-11-20(15-22)27(17-18-7-2-1-3-8-18,21-12-6-14-23(16-21)43-29(33,34)35)38-26(41)37-25-36-24(39-40-25)19-9-4-10-19;1-16-35-36-23(38-16)33-22(37)34-24(15-17-7-3-2-4-8-17,18-9-5-11-20(13-18)39-25(27,28)29)19-10-6-12-21(14-19)40-26(30,31)32/h2-18H,19H2,1H3,(H2,38,39,40,42);1-3,5-8,11-16,19H,4,9-10,17H2,(H3,36,37,38,39,40,41);2-14H,15H2,1H3,(H2,33,34,36,37). The van der Waals surface area contributed by atoms with Gasteiger partial charge in [-0.25, -0.2) is 19.4 Å². The van der Waals surface area contributed by atoms with Gasteiger partial charge in [-0.15, -0.1) is 89.2 Å². The van der Waals surface area contributed by atoms with Gasteiger partial charge in [-0.2, -0.15) is 4.98 Å². The van der Waals surface area contributed by atoms with E-state index in [1.807, 2.05) is 0 Å². The number of ether oxygens (including phenoxy) is 6. The largest absolute Gasteiger partial charge is 0.573 e. The number of H-pyrrole nitrogens is 1. The Morgan fingerprint density at radius 1 is 0.386 bits per heavy atom. The first-order valence-electron chi connectivity index (χ1n) is 37.7. The van der Waals surface area contributed by atoms with Gasteiger partial charge in [0.15, 0.2) is 0 Å². The van der Waals surface area contributed by atoms with Crippen molar-refractivity contribution >= 4 is 47.0 Å². The summed E-state index contributed by atoms with van der Waals surface area (Å²) in [6.45, 7) is 1.48. The summed E-state index contributed by atoms with van der Waals surface area (Å²) < 4.78 is 268. The monoisotopic (exact) mass is 1790 g/mol. The maximum atomic E-state index is 13.7. The number of nitrogens with zero attached hydrogens (tertiary/aromatic N) is 6. The molecule has 1 saturated carbocycles. The van der Waals surface area contributed by atoms with E-state index in [4.69, 9.17) is 4.42 Å². The Morgan fingerprint density at radius 2 is 0.693 bits per heavy atom. The minimum atomic E-state index is -5.03. The molecule has 0 unspecified atom stereocenters. The first kappa shape index (κ1) is 91.5. The summed E-state index contributed by atoms with van der Waals surface area (Å²) >= 11 is 0. The van der Waals surface area contributed by atoms with E-state index in [2.05, 4.69) is 90.7 Å². The van der Waals surface area contributed by atoms with Crippen LogP contribution in [-0.4, -0.2) is 91.2 Å². The highest BCUT2D eigenvalue weighted by Gasteiger charge is 2.45. The van der Waals surface area contributed by atoms with Gasteiger partial charge in [0.05, 0.1) is 27.7 Å². The smallest absolute Gasteiger partial charge is 0.408 e. The summed E-state index contributed by atoms with van der Waals surface area (Å²) in [5.74, 6) is -2.54. The van der Waals surface area contributed by atoms with Crippen molar-refractivity contribution in [1.82, 2.24) is 50.9 Å². The molecule has 7 N–H and O–H groups in total. The van der Waals surface area contributed by atoms with Gasteiger partial charge >= 0.3 is 62.3 Å². The highest BCUT2D eigenvalue weighted by Crippen LogP contribution is 2.44. The number of carbonyl (C=O) groups is 3. The summed E-state index contributed by atoms with van der Waals surface area (Å²) in [6, 6.07) is 58.8. The van der Waals surface area contributed by atoms with Crippen molar-refractivity contribution in [2.45, 2.75) is 106 Å². The number of aryl methyl sites for hydroxylation is 2. The number of halogens is 18. The number of urea groups is 3. The van der Waals surface area contributed by atoms with Crippen LogP contribution in [-0.2, 0) is 42.9 Å². The summed E-state index contributed by atoms with van der Waals surface area (Å²) in [4.78, 5) is 49.2. The van der Waals surface area contributed by atoms with Gasteiger partial charge < -0.3 is 53.4 Å². The summed E-state index contributed by atoms with van der Waals surface area (Å²) in [5, 5.41) is 29.9. The van der Waals surface area contributed by atoms with Crippen LogP contribution in [0.5, 0.6) is 34.5 Å². The number of nitrogens with one attached hydrogen (secondary N) is 7. The third kappa shape index (κ3) is 25.5. The molecular formula is C86H69F18N13O10. The number of aromatic nitrogens is 7. The number of aromatic amines is 1. The lowest BCUT2D eigenvalue weighted by atomic mass is 9.77. The number of hydrogen-bond acceptors (Lipinski definition) is 15. The van der Waals surface area contributed by atoms with Gasteiger partial charge in [0.2, 0.25) is 17.8 Å². The summed E-state index contributed by atoms with van der Waals surface area (Å²) in [5.41, 5.74) is -1.68. The second-order valence-electron chi connectivity index (χ2n) is 28.2. The van der Waals surface area contributed by atoms with Crippen molar-refractivity contribution in [2.24, 2.45) is 7.05 Å². The van der Waals surface area contributed by atoms with E-state index < -0.39 is 107 Å². The van der Waals surface area contributed by atoms with Crippen LogP contribution in [0.4, 0.5) is 111 Å². The Bertz CT molecular complexity index is 5730. The molecule has 127 heavy (non-hydrogen) atoms. The molecule has 14 rings (SSSR count). The molecule has 1 aliphatic rings. The fourth-order valence-corrected chi connectivity index (χ4v) is 13.9. The molecule has 0 saturated heterocycles. The average Bonchev–Trinajstić information content (AvgIpc) is 0.984. The zero-order valence-corrected chi connectivity index (χ0v) is 65.7. The molecule has 0 spiro atoms. The number of anilines is 3. The normalized spacial score (nSPS) is 12.8. The molecule has 1 aliphatic carbocycles. The van der Waals surface area contributed by atoms with E-state index in [9.17, 15) is 93.4 Å². The Balaban J connectivity index is 0.000000173. The van der Waals surface area contributed by atoms with Gasteiger partial charge in [0, 0.05) is 39.2 Å². The molecule has 3 heterocycles. The zero-order valence-electron chi connectivity index (χ0n) is 65.7. The Hall–Kier alpha value is -14.7. The van der Waals surface area contributed by atoms with E-state index in [-0.39, 0.29) is 82.4 Å². The fourth-order valence-electron chi connectivity index (χ4n) is 13.9. The van der Waals surface area contributed by atoms with Crippen molar-refractivity contribution in [3.05, 3.63) is 323 Å². The van der Waals surface area contributed by atoms with E-state index in [0.29, 0.717) is 33.5 Å². The lowest BCUT2D eigenvalue weighted by molar-refractivity contribution is -0.275. The maximum Gasteiger partial charge on any atom is 0.573 e. The van der Waals surface area contributed by atoms with Gasteiger partial charge in [-0.3, -0.25) is 21.0 Å². The van der Waals surface area contributed by atoms with Crippen LogP contribution >= 0.6 is 0 Å². The van der Waals surface area contributed by atoms with Crippen LogP contribution in [0.2, 0.25) is 0 Å². The second-order valence-corrected chi connectivity index (χ2v) is 28.2. The van der Waals surface area contributed by atoms with E-state index in [1.54, 1.807) is 127 Å². The molecule has 664 valence electrons. The number of benzene rings is 10. The number of fused-ring (bicyclic) bond motifs is 1.